The number of rotatable bonds is 24. The second kappa shape index (κ2) is 21.1. The topological polar surface area (TPSA) is 115 Å². The van der Waals surface area contributed by atoms with Crippen molar-refractivity contribution in [2.24, 2.45) is 0 Å². The van der Waals surface area contributed by atoms with E-state index in [0.29, 0.717) is 24.8 Å². The van der Waals surface area contributed by atoms with Crippen LogP contribution in [-0.4, -0.2) is 75.9 Å². The summed E-state index contributed by atoms with van der Waals surface area (Å²) in [5.74, 6) is -0.968. The highest BCUT2D eigenvalue weighted by Gasteiger charge is 2.37. The highest BCUT2D eigenvalue weighted by Crippen LogP contribution is 2.33. The van der Waals surface area contributed by atoms with Crippen LogP contribution in [0.5, 0.6) is 0 Å². The van der Waals surface area contributed by atoms with Crippen molar-refractivity contribution < 1.29 is 39.1 Å². The fraction of sp³-hybridized carbons (Fsp3) is 0.921. The van der Waals surface area contributed by atoms with E-state index < -0.39 is 24.1 Å². The van der Waals surface area contributed by atoms with Crippen LogP contribution >= 0.6 is 0 Å². The van der Waals surface area contributed by atoms with E-state index in [-0.39, 0.29) is 36.5 Å². The van der Waals surface area contributed by atoms with Crippen LogP contribution in [0, 0.1) is 0 Å². The Kier molecular flexibility index (Phi) is 18.1. The summed E-state index contributed by atoms with van der Waals surface area (Å²) in [6.45, 7) is 8.01. The first-order valence-electron chi connectivity index (χ1n) is 19.0. The minimum absolute atomic E-state index is 0.0196. The van der Waals surface area contributed by atoms with E-state index in [2.05, 4.69) is 6.92 Å². The Morgan fingerprint density at radius 3 is 1.91 bits per heavy atom. The Labute approximate surface area is 280 Å². The maximum atomic E-state index is 11.8. The molecule has 268 valence electrons. The fourth-order valence-corrected chi connectivity index (χ4v) is 7.46. The van der Waals surface area contributed by atoms with E-state index in [1.165, 1.54) is 57.8 Å². The monoisotopic (exact) mass is 652 g/mol. The van der Waals surface area contributed by atoms with Crippen molar-refractivity contribution in [2.45, 2.75) is 224 Å². The molecule has 2 fully saturated rings. The molecule has 0 aromatic carbocycles. The Morgan fingerprint density at radius 2 is 1.30 bits per heavy atom. The lowest BCUT2D eigenvalue weighted by Gasteiger charge is -2.41. The second-order valence-electron chi connectivity index (χ2n) is 14.9. The van der Waals surface area contributed by atoms with Crippen molar-refractivity contribution >= 4 is 5.97 Å². The first-order chi connectivity index (χ1) is 22.1. The van der Waals surface area contributed by atoms with Crippen molar-refractivity contribution in [1.82, 2.24) is 0 Å². The van der Waals surface area contributed by atoms with Crippen LogP contribution in [0.25, 0.3) is 0 Å². The molecule has 0 aromatic heterocycles. The number of hydrogen-bond acceptors (Lipinski definition) is 8. The van der Waals surface area contributed by atoms with Crippen molar-refractivity contribution in [3.63, 3.8) is 0 Å². The maximum Gasteiger partial charge on any atom is 0.334 e. The summed E-state index contributed by atoms with van der Waals surface area (Å²) < 4.78 is 23.7. The minimum atomic E-state index is -0.664. The van der Waals surface area contributed by atoms with Gasteiger partial charge in [-0.3, -0.25) is 0 Å². The van der Waals surface area contributed by atoms with Crippen LogP contribution in [0.1, 0.15) is 169 Å². The van der Waals surface area contributed by atoms with Crippen molar-refractivity contribution in [1.29, 1.82) is 0 Å². The normalized spacial score (nSPS) is 28.2. The predicted octanol–water partition coefficient (Wildman–Crippen LogP) is 7.83. The minimum Gasteiger partial charge on any atom is -0.455 e. The molecule has 0 aromatic rings. The van der Waals surface area contributed by atoms with E-state index in [1.54, 1.807) is 6.08 Å². The molecule has 0 bridgehead atoms. The van der Waals surface area contributed by atoms with E-state index >= 15 is 0 Å². The number of ether oxygens (including phenoxy) is 4. The third-order valence-electron chi connectivity index (χ3n) is 10.0. The van der Waals surface area contributed by atoms with E-state index in [4.69, 9.17) is 18.9 Å². The first kappa shape index (κ1) is 39.4. The predicted molar refractivity (Wildman–Crippen MR) is 181 cm³/mol. The number of carbonyl (C=O) groups is 1. The largest absolute Gasteiger partial charge is 0.455 e. The zero-order valence-corrected chi connectivity index (χ0v) is 29.6. The number of unbranched alkanes of at least 4 members (excludes halogenated alkanes) is 11. The molecule has 0 saturated carbocycles. The molecular weight excluding hydrogens is 584 g/mol. The molecule has 46 heavy (non-hydrogen) atoms. The lowest BCUT2D eigenvalue weighted by atomic mass is 9.96. The fourth-order valence-electron chi connectivity index (χ4n) is 7.46. The van der Waals surface area contributed by atoms with Gasteiger partial charge in [-0.1, -0.05) is 90.4 Å². The van der Waals surface area contributed by atoms with Crippen LogP contribution in [-0.2, 0) is 23.7 Å². The molecule has 8 nitrogen and oxygen atoms in total. The molecule has 8 atom stereocenters. The highest BCUT2D eigenvalue weighted by atomic mass is 16.7. The SMILES string of the molecule is CCCCCCCCCCCC[C@@H](O)[C@H]1CC[C@H]([C@H](O)CC[C@@H]2C[C@H](CCCCC[C@@H](O)CC3=C[C@H](C)OC3=O)OC(C)(C)O2)O1. The molecule has 3 rings (SSSR count). The molecule has 3 N–H and O–H groups in total. The number of hydrogen-bond donors (Lipinski definition) is 3. The van der Waals surface area contributed by atoms with Gasteiger partial charge in [0.1, 0.15) is 6.10 Å². The molecule has 0 aliphatic carbocycles. The quantitative estimate of drug-likeness (QED) is 0.0714. The summed E-state index contributed by atoms with van der Waals surface area (Å²) >= 11 is 0. The zero-order valence-electron chi connectivity index (χ0n) is 29.6. The van der Waals surface area contributed by atoms with Gasteiger partial charge in [0.2, 0.25) is 0 Å². The Balaban J connectivity index is 1.25. The Morgan fingerprint density at radius 1 is 0.761 bits per heavy atom. The molecule has 0 unspecified atom stereocenters. The van der Waals surface area contributed by atoms with Gasteiger partial charge in [0, 0.05) is 18.4 Å². The Hall–Kier alpha value is -1.03. The van der Waals surface area contributed by atoms with Crippen molar-refractivity contribution in [2.75, 3.05) is 0 Å². The number of cyclic esters (lactones) is 1. The van der Waals surface area contributed by atoms with E-state index in [1.807, 2.05) is 20.8 Å². The zero-order chi connectivity index (χ0) is 33.4. The molecule has 0 radical (unpaired) electrons. The standard InChI is InChI=1S/C38H68O8/c1-5-6-7-8-9-10-11-12-13-17-20-33(40)35-23-24-36(44-35)34(41)22-21-32-27-31(45-38(3,4)46-32)19-16-14-15-18-30(39)26-29-25-28(2)43-37(29)42/h25,28,30-36,39-41H,5-24,26-27H2,1-4H3/t28-,30+,31-,32+,33+,34+,35+,36+/m0/s1. The molecule has 3 heterocycles. The molecule has 3 aliphatic rings. The maximum absolute atomic E-state index is 11.8. The van der Waals surface area contributed by atoms with Crippen LogP contribution in [0.3, 0.4) is 0 Å². The lowest BCUT2D eigenvalue weighted by molar-refractivity contribution is -0.302. The van der Waals surface area contributed by atoms with Gasteiger partial charge < -0.3 is 34.3 Å². The number of carbonyl (C=O) groups excluding carboxylic acids is 1. The molecule has 8 heteroatoms. The summed E-state index contributed by atoms with van der Waals surface area (Å²) in [6, 6.07) is 0. The van der Waals surface area contributed by atoms with Gasteiger partial charge in [-0.2, -0.15) is 0 Å². The number of aliphatic hydroxyl groups excluding tert-OH is 3. The summed E-state index contributed by atoms with van der Waals surface area (Å²) in [5.41, 5.74) is 0.588. The molecule has 0 amide bonds. The third kappa shape index (κ3) is 15.0. The first-order valence-corrected chi connectivity index (χ1v) is 19.0. The summed E-state index contributed by atoms with van der Waals surface area (Å²) in [7, 11) is 0. The molecule has 2 saturated heterocycles. The van der Waals surface area contributed by atoms with Gasteiger partial charge >= 0.3 is 5.97 Å². The van der Waals surface area contributed by atoms with Crippen molar-refractivity contribution in [3.05, 3.63) is 11.6 Å². The van der Waals surface area contributed by atoms with Gasteiger partial charge in [-0.15, -0.1) is 0 Å². The van der Waals surface area contributed by atoms with E-state index in [0.717, 1.165) is 64.2 Å². The highest BCUT2D eigenvalue weighted by molar-refractivity contribution is 5.90. The molecule has 3 aliphatic heterocycles. The average molecular weight is 653 g/mol. The van der Waals surface area contributed by atoms with Gasteiger partial charge in [0.15, 0.2) is 5.79 Å². The lowest BCUT2D eigenvalue weighted by Crippen LogP contribution is -2.45. The van der Waals surface area contributed by atoms with E-state index in [9.17, 15) is 20.1 Å². The van der Waals surface area contributed by atoms with Crippen LogP contribution in [0.2, 0.25) is 0 Å². The van der Waals surface area contributed by atoms with Crippen LogP contribution in [0.15, 0.2) is 11.6 Å². The van der Waals surface area contributed by atoms with Gasteiger partial charge in [-0.05, 0) is 71.8 Å². The number of aliphatic hydroxyl groups is 3. The Bertz CT molecular complexity index is 875. The van der Waals surface area contributed by atoms with Gasteiger partial charge in [0.05, 0.1) is 42.7 Å². The van der Waals surface area contributed by atoms with Crippen LogP contribution < -0.4 is 0 Å². The summed E-state index contributed by atoms with van der Waals surface area (Å²) in [5, 5.41) is 32.0. The van der Waals surface area contributed by atoms with Crippen LogP contribution in [0.4, 0.5) is 0 Å². The molecular formula is C38H68O8. The average Bonchev–Trinajstić information content (AvgIpc) is 3.62. The van der Waals surface area contributed by atoms with Gasteiger partial charge in [-0.25, -0.2) is 4.79 Å². The molecule has 0 spiro atoms. The second-order valence-corrected chi connectivity index (χ2v) is 14.9. The summed E-state index contributed by atoms with van der Waals surface area (Å²) in [4.78, 5) is 11.8. The van der Waals surface area contributed by atoms with Crippen molar-refractivity contribution in [3.8, 4) is 0 Å². The number of esters is 1. The van der Waals surface area contributed by atoms with Gasteiger partial charge in [0.25, 0.3) is 0 Å². The summed E-state index contributed by atoms with van der Waals surface area (Å²) in [6.07, 6.45) is 22.1. The third-order valence-corrected chi connectivity index (χ3v) is 10.0. The smallest absolute Gasteiger partial charge is 0.334 e.